The summed E-state index contributed by atoms with van der Waals surface area (Å²) < 4.78 is 7.43. The number of hydrogen-bond donors (Lipinski definition) is 1. The van der Waals surface area contributed by atoms with Gasteiger partial charge in [0.1, 0.15) is 0 Å². The zero-order valence-electron chi connectivity index (χ0n) is 10.7. The summed E-state index contributed by atoms with van der Waals surface area (Å²) in [4.78, 5) is 14.5. The number of H-pyrrole nitrogens is 1. The monoisotopic (exact) mass is 369 g/mol. The van der Waals surface area contributed by atoms with Crippen molar-refractivity contribution < 1.29 is 9.53 Å². The molecular formula is C14H12BrNO2S2. The highest BCUT2D eigenvalue weighted by molar-refractivity contribution is 9.10. The van der Waals surface area contributed by atoms with Crippen LogP contribution in [0.2, 0.25) is 0 Å². The molecule has 2 aromatic rings. The molecule has 0 unspecified atom stereocenters. The van der Waals surface area contributed by atoms with Gasteiger partial charge in [-0.3, -0.25) is 0 Å². The number of rotatable bonds is 3. The van der Waals surface area contributed by atoms with Crippen LogP contribution in [0.5, 0.6) is 0 Å². The molecule has 0 saturated heterocycles. The summed E-state index contributed by atoms with van der Waals surface area (Å²) in [5.41, 5.74) is 1.02. The summed E-state index contributed by atoms with van der Waals surface area (Å²) >= 11 is 10.1. The van der Waals surface area contributed by atoms with Crippen molar-refractivity contribution in [2.45, 2.75) is 6.92 Å². The van der Waals surface area contributed by atoms with Crippen LogP contribution in [0.3, 0.4) is 0 Å². The van der Waals surface area contributed by atoms with Crippen molar-refractivity contribution >= 4 is 57.6 Å². The summed E-state index contributed by atoms with van der Waals surface area (Å²) in [5, 5.41) is 0.675. The maximum absolute atomic E-state index is 11.5. The van der Waals surface area contributed by atoms with Crippen LogP contribution in [0.4, 0.5) is 0 Å². The Labute approximate surface area is 133 Å². The van der Waals surface area contributed by atoms with Crippen molar-refractivity contribution in [3.05, 3.63) is 48.1 Å². The van der Waals surface area contributed by atoms with Crippen molar-refractivity contribution in [2.24, 2.45) is 0 Å². The van der Waals surface area contributed by atoms with Gasteiger partial charge in [-0.2, -0.15) is 0 Å². The summed E-state index contributed by atoms with van der Waals surface area (Å²) in [6.45, 7) is 2.12. The van der Waals surface area contributed by atoms with E-state index in [-0.39, 0.29) is 5.97 Å². The molecule has 0 radical (unpaired) electrons. The number of halogens is 1. The van der Waals surface area contributed by atoms with Gasteiger partial charge in [0, 0.05) is 10.5 Å². The molecule has 1 aromatic carbocycles. The van der Waals surface area contributed by atoms with Gasteiger partial charge in [0.15, 0.2) is 3.95 Å². The average molecular weight is 370 g/mol. The van der Waals surface area contributed by atoms with Crippen LogP contribution >= 0.6 is 39.5 Å². The molecule has 3 nitrogen and oxygen atoms in total. The average Bonchev–Trinajstić information content (AvgIpc) is 2.72. The third-order valence-electron chi connectivity index (χ3n) is 2.45. The number of esters is 1. The number of nitrogens with one attached hydrogen (secondary N) is 1. The normalized spacial score (nSPS) is 12.7. The molecule has 0 bridgehead atoms. The number of ether oxygens (including phenoxy) is 1. The van der Waals surface area contributed by atoms with Crippen LogP contribution in [0.15, 0.2) is 28.7 Å². The van der Waals surface area contributed by atoms with E-state index in [9.17, 15) is 4.79 Å². The lowest BCUT2D eigenvalue weighted by molar-refractivity contribution is -0.135. The Kier molecular flexibility index (Phi) is 5.28. The van der Waals surface area contributed by atoms with Gasteiger partial charge < -0.3 is 9.72 Å². The van der Waals surface area contributed by atoms with Crippen molar-refractivity contribution in [1.29, 1.82) is 0 Å². The van der Waals surface area contributed by atoms with E-state index in [1.807, 2.05) is 30.3 Å². The molecule has 0 aliphatic heterocycles. The molecular weight excluding hydrogens is 358 g/mol. The lowest BCUT2D eigenvalue weighted by Crippen LogP contribution is -2.23. The molecule has 1 N–H and O–H groups in total. The number of aromatic amines is 1. The predicted octanol–water partition coefficient (Wildman–Crippen LogP) is 2.74. The molecule has 0 aliphatic rings. The van der Waals surface area contributed by atoms with Crippen LogP contribution in [-0.2, 0) is 9.53 Å². The van der Waals surface area contributed by atoms with Crippen LogP contribution in [0.1, 0.15) is 12.5 Å². The van der Waals surface area contributed by atoms with Gasteiger partial charge in [0.05, 0.1) is 16.5 Å². The van der Waals surface area contributed by atoms with Gasteiger partial charge >= 0.3 is 5.97 Å². The first kappa shape index (κ1) is 15.2. The van der Waals surface area contributed by atoms with Crippen LogP contribution < -0.4 is 9.88 Å². The van der Waals surface area contributed by atoms with Gasteiger partial charge in [-0.15, -0.1) is 11.3 Å². The number of benzene rings is 1. The second kappa shape index (κ2) is 6.97. The highest BCUT2D eigenvalue weighted by atomic mass is 79.9. The largest absolute Gasteiger partial charge is 0.463 e. The summed E-state index contributed by atoms with van der Waals surface area (Å²) in [5.74, 6) is -0.377. The Hall–Kier alpha value is -1.24. The van der Waals surface area contributed by atoms with E-state index in [1.54, 1.807) is 6.92 Å². The SMILES string of the molecule is CCOC(=O)/C=c1\[nH]c(=S)s\c1=C/c1ccccc1Br. The maximum atomic E-state index is 11.5. The van der Waals surface area contributed by atoms with Crippen molar-refractivity contribution in [1.82, 2.24) is 4.98 Å². The lowest BCUT2D eigenvalue weighted by atomic mass is 10.2. The highest BCUT2D eigenvalue weighted by Gasteiger charge is 2.00. The van der Waals surface area contributed by atoms with Gasteiger partial charge in [-0.25, -0.2) is 4.79 Å². The van der Waals surface area contributed by atoms with E-state index >= 15 is 0 Å². The van der Waals surface area contributed by atoms with Gasteiger partial charge in [-0.1, -0.05) is 34.1 Å². The number of carbonyl (C=O) groups excluding carboxylic acids is 1. The maximum Gasteiger partial charge on any atom is 0.332 e. The first-order valence-electron chi connectivity index (χ1n) is 5.94. The van der Waals surface area contributed by atoms with Crippen LogP contribution in [-0.4, -0.2) is 17.6 Å². The Morgan fingerprint density at radius 2 is 2.25 bits per heavy atom. The predicted molar refractivity (Wildman–Crippen MR) is 87.6 cm³/mol. The zero-order chi connectivity index (χ0) is 14.5. The van der Waals surface area contributed by atoms with Gasteiger partial charge in [0.2, 0.25) is 0 Å². The number of carbonyl (C=O) groups is 1. The topological polar surface area (TPSA) is 42.1 Å². The quantitative estimate of drug-likeness (QED) is 0.667. The van der Waals surface area contributed by atoms with Crippen LogP contribution in [0, 0.1) is 3.95 Å². The lowest BCUT2D eigenvalue weighted by Gasteiger charge is -1.95. The van der Waals surface area contributed by atoms with Crippen molar-refractivity contribution in [3.63, 3.8) is 0 Å². The number of aromatic nitrogens is 1. The van der Waals surface area contributed by atoms with E-state index in [1.165, 1.54) is 17.4 Å². The fourth-order valence-electron chi connectivity index (χ4n) is 1.60. The molecule has 0 amide bonds. The van der Waals surface area contributed by atoms with Crippen molar-refractivity contribution in [3.8, 4) is 0 Å². The molecule has 104 valence electrons. The van der Waals surface area contributed by atoms with Crippen molar-refractivity contribution in [2.75, 3.05) is 6.61 Å². The Balaban J connectivity index is 2.56. The third-order valence-corrected chi connectivity index (χ3v) is 4.36. The molecule has 0 atom stereocenters. The van der Waals surface area contributed by atoms with E-state index in [0.717, 1.165) is 14.6 Å². The zero-order valence-corrected chi connectivity index (χ0v) is 13.9. The number of thiazole rings is 1. The summed E-state index contributed by atoms with van der Waals surface area (Å²) in [7, 11) is 0. The Bertz CT molecular complexity index is 792. The fourth-order valence-corrected chi connectivity index (χ4v) is 3.15. The first-order chi connectivity index (χ1) is 9.60. The van der Waals surface area contributed by atoms with E-state index in [2.05, 4.69) is 20.9 Å². The second-order valence-electron chi connectivity index (χ2n) is 3.85. The molecule has 1 heterocycles. The van der Waals surface area contributed by atoms with E-state index in [0.29, 0.717) is 15.9 Å². The molecule has 0 aliphatic carbocycles. The smallest absolute Gasteiger partial charge is 0.332 e. The van der Waals surface area contributed by atoms with E-state index in [4.69, 9.17) is 17.0 Å². The minimum absolute atomic E-state index is 0.351. The van der Waals surface area contributed by atoms with E-state index < -0.39 is 0 Å². The Morgan fingerprint density at radius 1 is 1.50 bits per heavy atom. The molecule has 6 heteroatoms. The molecule has 20 heavy (non-hydrogen) atoms. The minimum atomic E-state index is -0.377. The first-order valence-corrected chi connectivity index (χ1v) is 7.96. The Morgan fingerprint density at radius 3 is 2.95 bits per heavy atom. The summed E-state index contributed by atoms with van der Waals surface area (Å²) in [6.07, 6.45) is 3.41. The molecule has 0 fully saturated rings. The molecule has 0 saturated carbocycles. The molecule has 0 spiro atoms. The van der Waals surface area contributed by atoms with Gasteiger partial charge in [0.25, 0.3) is 0 Å². The third kappa shape index (κ3) is 3.88. The number of hydrogen-bond acceptors (Lipinski definition) is 4. The fraction of sp³-hybridized carbons (Fsp3) is 0.143. The van der Waals surface area contributed by atoms with Gasteiger partial charge in [-0.05, 0) is 36.8 Å². The molecule has 1 aromatic heterocycles. The highest BCUT2D eigenvalue weighted by Crippen LogP contribution is 2.16. The minimum Gasteiger partial charge on any atom is -0.463 e. The standard InChI is InChI=1S/C14H12BrNO2S2/c1-2-18-13(17)8-11-12(20-14(19)16-11)7-9-5-3-4-6-10(9)15/h3-8H,2H2,1H3,(H,16,19)/b11-8-,12-7-. The summed E-state index contributed by atoms with van der Waals surface area (Å²) in [6, 6.07) is 7.86. The second-order valence-corrected chi connectivity index (χ2v) is 6.43. The van der Waals surface area contributed by atoms with Crippen LogP contribution in [0.25, 0.3) is 12.2 Å². The molecule has 2 rings (SSSR count).